The van der Waals surface area contributed by atoms with Crippen LogP contribution < -0.4 is 14.4 Å². The predicted molar refractivity (Wildman–Crippen MR) is 233 cm³/mol. The molecule has 1 amide bonds. The molecule has 7 aromatic rings. The number of carbonyl (C=O) groups is 2. The molecule has 8 rings (SSSR count). The Morgan fingerprint density at radius 3 is 2.36 bits per heavy atom. The normalized spacial score (nSPS) is 14.1. The van der Waals surface area contributed by atoms with Gasteiger partial charge in [-0.3, -0.25) is 14.5 Å². The Morgan fingerprint density at radius 1 is 0.949 bits per heavy atom. The fourth-order valence-electron chi connectivity index (χ4n) is 8.82. The van der Waals surface area contributed by atoms with Crippen LogP contribution in [0.2, 0.25) is 10.0 Å². The van der Waals surface area contributed by atoms with Crippen molar-refractivity contribution in [1.82, 2.24) is 23.9 Å². The standard InChI is InChI=1S/C46H46Cl2N6O5/c1-24-17-33(18-25(2)41(24)48)59-16-10-13-34-35-14-15-36(47)40(39-28(5)50-51(7)29(39)6)43(35)54-27(4)22-53(45(55)44(34)54)37-21-32(58-8)19-30-20-38(46(56)57)52(42(30)37)23-31-12-9-11-26(3)49-31/h9,11-12,14-15,17-21,27H,10,13,16,22-23H2,1-8H3,(H,56,57). The number of carboxylic acid groups (broad SMARTS) is 1. The van der Waals surface area contributed by atoms with Gasteiger partial charge in [0.05, 0.1) is 53.4 Å². The smallest absolute Gasteiger partial charge is 0.352 e. The van der Waals surface area contributed by atoms with Crippen molar-refractivity contribution in [3.8, 4) is 22.6 Å². The summed E-state index contributed by atoms with van der Waals surface area (Å²) in [6.45, 7) is 12.8. The number of anilines is 1. The molecule has 0 saturated carbocycles. The molecule has 0 fully saturated rings. The number of rotatable bonds is 11. The minimum absolute atomic E-state index is 0.0812. The summed E-state index contributed by atoms with van der Waals surface area (Å²) in [5, 5.41) is 18.1. The van der Waals surface area contributed by atoms with Gasteiger partial charge in [-0.15, -0.1) is 0 Å². The first-order valence-corrected chi connectivity index (χ1v) is 20.4. The number of carbonyl (C=O) groups excluding carboxylic acids is 1. The second-order valence-electron chi connectivity index (χ2n) is 15.5. The average Bonchev–Trinajstić information content (AvgIpc) is 3.81. The Bertz CT molecular complexity index is 2830. The number of hydrogen-bond donors (Lipinski definition) is 1. The van der Waals surface area contributed by atoms with Gasteiger partial charge in [-0.1, -0.05) is 35.3 Å². The van der Waals surface area contributed by atoms with E-state index in [2.05, 4.69) is 16.5 Å². The van der Waals surface area contributed by atoms with E-state index in [0.29, 0.717) is 64.7 Å². The van der Waals surface area contributed by atoms with Crippen molar-refractivity contribution in [2.45, 2.75) is 67.0 Å². The molecule has 4 aromatic heterocycles. The van der Waals surface area contributed by atoms with Crippen LogP contribution in [-0.4, -0.2) is 61.1 Å². The fourth-order valence-corrected chi connectivity index (χ4v) is 9.17. The van der Waals surface area contributed by atoms with Gasteiger partial charge in [0, 0.05) is 64.0 Å². The molecule has 0 aliphatic carbocycles. The van der Waals surface area contributed by atoms with Crippen molar-refractivity contribution in [3.05, 3.63) is 122 Å². The lowest BCUT2D eigenvalue weighted by atomic mass is 9.98. The molecule has 11 nitrogen and oxygen atoms in total. The summed E-state index contributed by atoms with van der Waals surface area (Å²) in [6, 6.07) is 18.5. The molecule has 0 bridgehead atoms. The Balaban J connectivity index is 1.31. The number of halogens is 2. The lowest BCUT2D eigenvalue weighted by molar-refractivity contribution is 0.0686. The summed E-state index contributed by atoms with van der Waals surface area (Å²) in [5.41, 5.74) is 10.5. The highest BCUT2D eigenvalue weighted by atomic mass is 35.5. The third kappa shape index (κ3) is 6.89. The maximum atomic E-state index is 15.5. The zero-order valence-electron chi connectivity index (χ0n) is 34.4. The van der Waals surface area contributed by atoms with Crippen molar-refractivity contribution >= 4 is 62.6 Å². The third-order valence-electron chi connectivity index (χ3n) is 11.5. The van der Waals surface area contributed by atoms with Crippen LogP contribution >= 0.6 is 23.2 Å². The van der Waals surface area contributed by atoms with Crippen molar-refractivity contribution < 1.29 is 24.2 Å². The van der Waals surface area contributed by atoms with Gasteiger partial charge < -0.3 is 28.6 Å². The molecule has 0 spiro atoms. The van der Waals surface area contributed by atoms with E-state index >= 15 is 4.79 Å². The summed E-state index contributed by atoms with van der Waals surface area (Å²) in [7, 11) is 3.48. The SMILES string of the molecule is COc1cc(N2CC(C)n3c(c(CCCOc4cc(C)c(Cl)c(C)c4)c4ccc(Cl)c(-c5c(C)nn(C)c5C)c43)C2=O)c2c(c1)cc(C(=O)O)n2Cc1cccc(C)n1. The van der Waals surface area contributed by atoms with Gasteiger partial charge in [-0.05, 0) is 114 Å². The van der Waals surface area contributed by atoms with E-state index in [4.69, 9.17) is 37.8 Å². The first kappa shape index (κ1) is 40.0. The number of aryl methyl sites for hydroxylation is 6. The Kier molecular flexibility index (Phi) is 10.5. The van der Waals surface area contributed by atoms with Gasteiger partial charge in [0.2, 0.25) is 0 Å². The zero-order chi connectivity index (χ0) is 42.0. The summed E-state index contributed by atoms with van der Waals surface area (Å²) < 4.78 is 17.8. The molecule has 1 unspecified atom stereocenters. The van der Waals surface area contributed by atoms with Crippen LogP contribution in [0.4, 0.5) is 5.69 Å². The van der Waals surface area contributed by atoms with Crippen molar-refractivity contribution in [2.75, 3.05) is 25.2 Å². The summed E-state index contributed by atoms with van der Waals surface area (Å²) in [6.07, 6.45) is 1.16. The summed E-state index contributed by atoms with van der Waals surface area (Å²) in [4.78, 5) is 34.8. The van der Waals surface area contributed by atoms with Gasteiger partial charge in [-0.25, -0.2) is 4.79 Å². The molecule has 5 heterocycles. The van der Waals surface area contributed by atoms with Crippen LogP contribution in [0.1, 0.15) is 79.8 Å². The van der Waals surface area contributed by atoms with Crippen molar-refractivity contribution in [3.63, 3.8) is 0 Å². The van der Waals surface area contributed by atoms with Crippen molar-refractivity contribution in [2.24, 2.45) is 7.05 Å². The fraction of sp³-hybridized carbons (Fsp3) is 0.304. The van der Waals surface area contributed by atoms with E-state index in [9.17, 15) is 9.90 Å². The van der Waals surface area contributed by atoms with E-state index < -0.39 is 5.97 Å². The number of methoxy groups -OCH3 is 1. The quantitative estimate of drug-likeness (QED) is 0.129. The van der Waals surface area contributed by atoms with E-state index in [1.165, 1.54) is 0 Å². The zero-order valence-corrected chi connectivity index (χ0v) is 35.9. The number of aromatic nitrogens is 5. The highest BCUT2D eigenvalue weighted by Crippen LogP contribution is 2.46. The summed E-state index contributed by atoms with van der Waals surface area (Å²) in [5.74, 6) is -0.0551. The molecule has 3 aromatic carbocycles. The number of fused-ring (bicyclic) bond motifs is 4. The van der Waals surface area contributed by atoms with Gasteiger partial charge in [0.15, 0.2) is 0 Å². The van der Waals surface area contributed by atoms with Gasteiger partial charge in [0.1, 0.15) is 22.9 Å². The average molecular weight is 834 g/mol. The number of pyridine rings is 1. The second-order valence-corrected chi connectivity index (χ2v) is 16.3. The molecule has 13 heteroatoms. The molecule has 1 aliphatic heterocycles. The topological polar surface area (TPSA) is 117 Å². The maximum absolute atomic E-state index is 15.5. The number of aromatic carboxylic acids is 1. The first-order chi connectivity index (χ1) is 28.2. The van der Waals surface area contributed by atoms with E-state index in [-0.39, 0.29) is 24.2 Å². The molecular formula is C46H46Cl2N6O5. The number of hydrogen-bond acceptors (Lipinski definition) is 6. The molecule has 1 atom stereocenters. The number of carboxylic acids is 1. The van der Waals surface area contributed by atoms with E-state index in [1.807, 2.05) is 101 Å². The van der Waals surface area contributed by atoms with Crippen LogP contribution in [0.3, 0.4) is 0 Å². The Morgan fingerprint density at radius 2 is 1.69 bits per heavy atom. The van der Waals surface area contributed by atoms with Crippen molar-refractivity contribution in [1.29, 1.82) is 0 Å². The van der Waals surface area contributed by atoms with Gasteiger partial charge in [0.25, 0.3) is 5.91 Å². The molecule has 1 N–H and O–H groups in total. The molecule has 304 valence electrons. The van der Waals surface area contributed by atoms with Crippen LogP contribution in [0.25, 0.3) is 32.9 Å². The first-order valence-electron chi connectivity index (χ1n) is 19.6. The van der Waals surface area contributed by atoms with Crippen LogP contribution in [0.15, 0.2) is 60.7 Å². The highest BCUT2D eigenvalue weighted by molar-refractivity contribution is 6.35. The third-order valence-corrected chi connectivity index (χ3v) is 12.4. The van der Waals surface area contributed by atoms with E-state index in [1.54, 1.807) is 22.6 Å². The molecule has 0 radical (unpaired) electrons. The second kappa shape index (κ2) is 15.4. The highest BCUT2D eigenvalue weighted by Gasteiger charge is 2.38. The van der Waals surface area contributed by atoms with Crippen LogP contribution in [0, 0.1) is 34.6 Å². The molecule has 1 aliphatic rings. The van der Waals surface area contributed by atoms with Crippen LogP contribution in [-0.2, 0) is 20.0 Å². The molecular weight excluding hydrogens is 787 g/mol. The number of benzene rings is 3. The lowest BCUT2D eigenvalue weighted by Crippen LogP contribution is -2.43. The predicted octanol–water partition coefficient (Wildman–Crippen LogP) is 10.2. The number of amides is 1. The Hall–Kier alpha value is -5.78. The van der Waals surface area contributed by atoms with Crippen LogP contribution in [0.5, 0.6) is 11.5 Å². The monoisotopic (exact) mass is 832 g/mol. The molecule has 59 heavy (non-hydrogen) atoms. The minimum atomic E-state index is -1.09. The Labute approximate surface area is 352 Å². The summed E-state index contributed by atoms with van der Waals surface area (Å²) >= 11 is 13.6. The largest absolute Gasteiger partial charge is 0.497 e. The van der Waals surface area contributed by atoms with Gasteiger partial charge in [-0.2, -0.15) is 5.10 Å². The number of nitrogens with zero attached hydrogens (tertiary/aromatic N) is 6. The number of ether oxygens (including phenoxy) is 2. The van der Waals surface area contributed by atoms with E-state index in [0.717, 1.165) is 66.6 Å². The lowest BCUT2D eigenvalue weighted by Gasteiger charge is -2.35. The minimum Gasteiger partial charge on any atom is -0.497 e. The molecule has 0 saturated heterocycles. The maximum Gasteiger partial charge on any atom is 0.352 e. The van der Waals surface area contributed by atoms with Gasteiger partial charge >= 0.3 is 5.97 Å².